The van der Waals surface area contributed by atoms with Crippen molar-refractivity contribution in [2.45, 2.75) is 0 Å². The molecule has 0 aromatic rings. The maximum atomic E-state index is 10.1. The summed E-state index contributed by atoms with van der Waals surface area (Å²) in [6.07, 6.45) is -0.850. The van der Waals surface area contributed by atoms with Crippen molar-refractivity contribution >= 4 is 12.4 Å². The summed E-state index contributed by atoms with van der Waals surface area (Å²) in [5.74, 6) is 0. The van der Waals surface area contributed by atoms with Gasteiger partial charge in [0.25, 0.3) is 0 Å². The lowest BCUT2D eigenvalue weighted by molar-refractivity contribution is -0.162. The number of hydrogen-bond acceptors (Lipinski definition) is 4. The average molecular weight is 148 g/mol. The summed E-state index contributed by atoms with van der Waals surface area (Å²) < 4.78 is 0. The summed E-state index contributed by atoms with van der Waals surface area (Å²) >= 11 is 0. The Morgan fingerprint density at radius 1 is 1.90 bits per heavy atom. The first-order valence-corrected chi connectivity index (χ1v) is 2.49. The Morgan fingerprint density at radius 2 is 2.50 bits per heavy atom. The number of hydroxylamine groups is 1. The van der Waals surface area contributed by atoms with Gasteiger partial charge in [-0.25, -0.2) is 15.1 Å². The van der Waals surface area contributed by atoms with Crippen LogP contribution in [0.25, 0.3) is 0 Å². The molecule has 58 valence electrons. The van der Waals surface area contributed by atoms with Gasteiger partial charge < -0.3 is 9.90 Å². The number of hydrogen-bond donors (Lipinski definition) is 2. The number of aldehydes is 1. The predicted octanol–water partition coefficient (Wildman–Crippen LogP) is -0.769. The molecule has 0 rings (SSSR count). The van der Waals surface area contributed by atoms with Gasteiger partial charge in [0, 0.05) is 7.05 Å². The average Bonchev–Trinajstić information content (AvgIpc) is 1.89. The van der Waals surface area contributed by atoms with Crippen LogP contribution >= 0.6 is 0 Å². The second-order valence-electron chi connectivity index (χ2n) is 1.26. The maximum absolute atomic E-state index is 10.1. The number of amides is 1. The molecular formula is C4H8N2O4. The van der Waals surface area contributed by atoms with Gasteiger partial charge in [0.2, 0.25) is 0 Å². The minimum absolute atomic E-state index is 0.285. The summed E-state index contributed by atoms with van der Waals surface area (Å²) in [5, 5.41) is 8.66. The van der Waals surface area contributed by atoms with Gasteiger partial charge in [0.05, 0.1) is 0 Å². The van der Waals surface area contributed by atoms with E-state index in [2.05, 4.69) is 10.3 Å². The van der Waals surface area contributed by atoms with Gasteiger partial charge >= 0.3 is 6.09 Å². The fourth-order valence-electron chi connectivity index (χ4n) is 0.320. The van der Waals surface area contributed by atoms with Crippen molar-refractivity contribution in [1.82, 2.24) is 10.6 Å². The van der Waals surface area contributed by atoms with Crippen LogP contribution < -0.4 is 5.43 Å². The molecule has 6 heteroatoms. The molecule has 0 heterocycles. The van der Waals surface area contributed by atoms with Crippen LogP contribution in [-0.2, 0) is 9.63 Å². The lowest BCUT2D eigenvalue weighted by Crippen LogP contribution is -2.39. The molecule has 0 unspecified atom stereocenters. The molecule has 0 atom stereocenters. The molecule has 0 aromatic carbocycles. The highest BCUT2D eigenvalue weighted by Crippen LogP contribution is 1.82. The van der Waals surface area contributed by atoms with Crippen LogP contribution in [0.15, 0.2) is 0 Å². The Morgan fingerprint density at radius 3 is 2.80 bits per heavy atom. The van der Waals surface area contributed by atoms with Crippen molar-refractivity contribution in [3.05, 3.63) is 0 Å². The van der Waals surface area contributed by atoms with Gasteiger partial charge in [0.1, 0.15) is 12.9 Å². The first kappa shape index (κ1) is 8.86. The Bertz CT molecular complexity index is 126. The van der Waals surface area contributed by atoms with Gasteiger partial charge in [-0.1, -0.05) is 0 Å². The highest BCUT2D eigenvalue weighted by atomic mass is 16.7. The van der Waals surface area contributed by atoms with E-state index in [1.807, 2.05) is 0 Å². The van der Waals surface area contributed by atoms with Crippen LogP contribution in [0.5, 0.6) is 0 Å². The molecule has 6 nitrogen and oxygen atoms in total. The molecule has 0 saturated heterocycles. The molecule has 0 fully saturated rings. The fourth-order valence-corrected chi connectivity index (χ4v) is 0.320. The van der Waals surface area contributed by atoms with Crippen molar-refractivity contribution in [2.24, 2.45) is 0 Å². The van der Waals surface area contributed by atoms with Crippen molar-refractivity contribution in [2.75, 3.05) is 13.7 Å². The number of hydrazine groups is 1. The van der Waals surface area contributed by atoms with E-state index in [0.29, 0.717) is 11.5 Å². The lowest BCUT2D eigenvalue weighted by atomic mass is 10.9. The molecule has 10 heavy (non-hydrogen) atoms. The van der Waals surface area contributed by atoms with Crippen LogP contribution in [0.3, 0.4) is 0 Å². The van der Waals surface area contributed by atoms with Gasteiger partial charge in [-0.2, -0.15) is 0 Å². The highest BCUT2D eigenvalue weighted by Gasteiger charge is 2.07. The maximum Gasteiger partial charge on any atom is 0.447 e. The molecule has 0 aliphatic rings. The van der Waals surface area contributed by atoms with E-state index in [-0.39, 0.29) is 6.61 Å². The van der Waals surface area contributed by atoms with Gasteiger partial charge in [-0.3, -0.25) is 0 Å². The van der Waals surface area contributed by atoms with Crippen molar-refractivity contribution in [3.8, 4) is 0 Å². The molecule has 1 amide bonds. The predicted molar refractivity (Wildman–Crippen MR) is 30.9 cm³/mol. The Balaban J connectivity index is 3.60. The largest absolute Gasteiger partial charge is 0.462 e. The second kappa shape index (κ2) is 4.71. The van der Waals surface area contributed by atoms with Crippen LogP contribution in [0.4, 0.5) is 4.79 Å². The van der Waals surface area contributed by atoms with E-state index in [9.17, 15) is 9.59 Å². The molecule has 0 aliphatic heterocycles. The van der Waals surface area contributed by atoms with Gasteiger partial charge in [-0.05, 0) is 0 Å². The Labute approximate surface area is 57.3 Å². The zero-order valence-corrected chi connectivity index (χ0v) is 5.40. The first-order valence-electron chi connectivity index (χ1n) is 2.49. The third kappa shape index (κ3) is 3.00. The normalized spacial score (nSPS) is 8.90. The second-order valence-corrected chi connectivity index (χ2v) is 1.26. The number of nitrogens with zero attached hydrogens (tertiary/aromatic N) is 1. The minimum atomic E-state index is -1.30. The monoisotopic (exact) mass is 148 g/mol. The SMILES string of the molecule is CNN(OCC=O)C(=O)O. The van der Waals surface area contributed by atoms with Crippen molar-refractivity contribution in [1.29, 1.82) is 0 Å². The van der Waals surface area contributed by atoms with E-state index in [1.54, 1.807) is 0 Å². The molecule has 0 aliphatic carbocycles. The highest BCUT2D eigenvalue weighted by molar-refractivity contribution is 5.63. The molecule has 0 bridgehead atoms. The van der Waals surface area contributed by atoms with Crippen LogP contribution in [0.2, 0.25) is 0 Å². The molecule has 0 saturated carbocycles. The Kier molecular flexibility index (Phi) is 4.17. The van der Waals surface area contributed by atoms with Crippen molar-refractivity contribution < 1.29 is 19.5 Å². The third-order valence-corrected chi connectivity index (χ3v) is 0.649. The van der Waals surface area contributed by atoms with Gasteiger partial charge in [-0.15, -0.1) is 5.17 Å². The first-order chi connectivity index (χ1) is 4.72. The van der Waals surface area contributed by atoms with E-state index in [0.717, 1.165) is 0 Å². The summed E-state index contributed by atoms with van der Waals surface area (Å²) in [4.78, 5) is 24.1. The van der Waals surface area contributed by atoms with E-state index in [4.69, 9.17) is 5.11 Å². The molecule has 0 aromatic heterocycles. The Hall–Kier alpha value is -1.14. The van der Waals surface area contributed by atoms with E-state index < -0.39 is 6.09 Å². The molecule has 0 spiro atoms. The summed E-state index contributed by atoms with van der Waals surface area (Å²) in [5.41, 5.74) is 2.19. The number of carbonyl (C=O) groups excluding carboxylic acids is 1. The number of rotatable bonds is 4. The standard InChI is InChI=1S/C4H8N2O4/c1-5-6(4(8)9)10-3-2-7/h2,5H,3H2,1H3,(H,8,9). The molecule has 0 radical (unpaired) electrons. The minimum Gasteiger partial charge on any atom is -0.462 e. The summed E-state index contributed by atoms with van der Waals surface area (Å²) in [6, 6.07) is 0. The number of carbonyl (C=O) groups is 2. The topological polar surface area (TPSA) is 78.9 Å². The summed E-state index contributed by atoms with van der Waals surface area (Å²) in [7, 11) is 1.36. The quantitative estimate of drug-likeness (QED) is 0.404. The smallest absolute Gasteiger partial charge is 0.447 e. The van der Waals surface area contributed by atoms with Crippen molar-refractivity contribution in [3.63, 3.8) is 0 Å². The van der Waals surface area contributed by atoms with Gasteiger partial charge in [0.15, 0.2) is 0 Å². The van der Waals surface area contributed by atoms with E-state index in [1.165, 1.54) is 7.05 Å². The zero-order valence-electron chi connectivity index (χ0n) is 5.40. The molecular weight excluding hydrogens is 140 g/mol. The summed E-state index contributed by atoms with van der Waals surface area (Å²) in [6.45, 7) is -0.285. The zero-order chi connectivity index (χ0) is 7.98. The number of carboxylic acid groups (broad SMARTS) is 1. The van der Waals surface area contributed by atoms with Crippen LogP contribution in [-0.4, -0.2) is 36.3 Å². The fraction of sp³-hybridized carbons (Fsp3) is 0.500. The lowest BCUT2D eigenvalue weighted by Gasteiger charge is -2.13. The third-order valence-electron chi connectivity index (χ3n) is 0.649. The number of nitrogens with one attached hydrogen (secondary N) is 1. The molecule has 2 N–H and O–H groups in total. The van der Waals surface area contributed by atoms with Crippen LogP contribution in [0, 0.1) is 0 Å². The van der Waals surface area contributed by atoms with E-state index >= 15 is 0 Å². The van der Waals surface area contributed by atoms with Crippen LogP contribution in [0.1, 0.15) is 0 Å².